The predicted octanol–water partition coefficient (Wildman–Crippen LogP) is 4.54. The summed E-state index contributed by atoms with van der Waals surface area (Å²) in [5.74, 6) is 1.97. The van der Waals surface area contributed by atoms with E-state index < -0.39 is 8.07 Å². The Morgan fingerprint density at radius 2 is 1.77 bits per heavy atom. The SMILES string of the molecule is CC(C)CC1CCC([Si](C)(C)C)C1. The first-order chi connectivity index (χ1) is 5.89. The molecule has 0 aromatic rings. The lowest BCUT2D eigenvalue weighted by Crippen LogP contribution is -2.26. The molecule has 1 saturated carbocycles. The Morgan fingerprint density at radius 3 is 2.15 bits per heavy atom. The van der Waals surface area contributed by atoms with Crippen molar-refractivity contribution in [1.82, 2.24) is 0 Å². The summed E-state index contributed by atoms with van der Waals surface area (Å²) in [5, 5.41) is 0. The molecule has 1 rings (SSSR count). The van der Waals surface area contributed by atoms with E-state index >= 15 is 0 Å². The third kappa shape index (κ3) is 3.45. The minimum Gasteiger partial charge on any atom is -0.0693 e. The normalized spacial score (nSPS) is 30.0. The van der Waals surface area contributed by atoms with E-state index in [0.717, 1.165) is 17.4 Å². The molecule has 0 bridgehead atoms. The molecule has 0 aromatic heterocycles. The van der Waals surface area contributed by atoms with Crippen LogP contribution in [-0.4, -0.2) is 8.07 Å². The second-order valence-electron chi connectivity index (χ2n) is 6.37. The monoisotopic (exact) mass is 198 g/mol. The fourth-order valence-electron chi connectivity index (χ4n) is 2.74. The third-order valence-corrected chi connectivity index (χ3v) is 6.54. The van der Waals surface area contributed by atoms with Gasteiger partial charge < -0.3 is 0 Å². The van der Waals surface area contributed by atoms with E-state index in [2.05, 4.69) is 33.5 Å². The van der Waals surface area contributed by atoms with Gasteiger partial charge in [0.25, 0.3) is 0 Å². The van der Waals surface area contributed by atoms with Crippen LogP contribution in [0.15, 0.2) is 0 Å². The lowest BCUT2D eigenvalue weighted by molar-refractivity contribution is 0.419. The van der Waals surface area contributed by atoms with Gasteiger partial charge in [-0.2, -0.15) is 0 Å². The van der Waals surface area contributed by atoms with Gasteiger partial charge in [-0.1, -0.05) is 46.3 Å². The van der Waals surface area contributed by atoms with E-state index in [9.17, 15) is 0 Å². The molecule has 0 aromatic carbocycles. The van der Waals surface area contributed by atoms with Crippen molar-refractivity contribution in [2.75, 3.05) is 0 Å². The van der Waals surface area contributed by atoms with E-state index in [1.165, 1.54) is 19.3 Å². The minimum absolute atomic E-state index is 0.817. The lowest BCUT2D eigenvalue weighted by Gasteiger charge is -2.25. The highest BCUT2D eigenvalue weighted by Crippen LogP contribution is 2.43. The summed E-state index contributed by atoms with van der Waals surface area (Å²) in [6.07, 6.45) is 6.08. The van der Waals surface area contributed by atoms with Gasteiger partial charge in [0.05, 0.1) is 0 Å². The Labute approximate surface area is 85.1 Å². The molecule has 2 unspecified atom stereocenters. The second kappa shape index (κ2) is 4.16. The van der Waals surface area contributed by atoms with E-state index in [1.54, 1.807) is 6.42 Å². The van der Waals surface area contributed by atoms with Crippen LogP contribution in [0.5, 0.6) is 0 Å². The fourth-order valence-corrected chi connectivity index (χ4v) is 4.82. The standard InChI is InChI=1S/C12H26Si/c1-10(2)8-11-6-7-12(9-11)13(3,4)5/h10-12H,6-9H2,1-5H3. The van der Waals surface area contributed by atoms with Crippen molar-refractivity contribution >= 4 is 8.07 Å². The zero-order valence-corrected chi connectivity index (χ0v) is 11.1. The summed E-state index contributed by atoms with van der Waals surface area (Å²) in [7, 11) is -0.817. The van der Waals surface area contributed by atoms with Crippen LogP contribution in [0.1, 0.15) is 39.5 Å². The van der Waals surface area contributed by atoms with Crippen LogP contribution in [-0.2, 0) is 0 Å². The van der Waals surface area contributed by atoms with Crippen molar-refractivity contribution in [2.45, 2.75) is 64.7 Å². The molecule has 1 aliphatic rings. The van der Waals surface area contributed by atoms with Gasteiger partial charge in [-0.05, 0) is 30.2 Å². The average molecular weight is 198 g/mol. The topological polar surface area (TPSA) is 0 Å². The van der Waals surface area contributed by atoms with Crippen LogP contribution in [0.4, 0.5) is 0 Å². The molecule has 0 heterocycles. The van der Waals surface area contributed by atoms with Gasteiger partial charge in [0.2, 0.25) is 0 Å². The Hall–Kier alpha value is 0.217. The summed E-state index contributed by atoms with van der Waals surface area (Å²) < 4.78 is 0. The van der Waals surface area contributed by atoms with Gasteiger partial charge in [0.15, 0.2) is 0 Å². The van der Waals surface area contributed by atoms with Crippen LogP contribution in [0.2, 0.25) is 25.2 Å². The molecule has 0 nitrogen and oxygen atoms in total. The molecule has 0 amide bonds. The van der Waals surface area contributed by atoms with Gasteiger partial charge in [-0.15, -0.1) is 0 Å². The molecule has 0 saturated heterocycles. The van der Waals surface area contributed by atoms with Crippen LogP contribution < -0.4 is 0 Å². The Balaban J connectivity index is 2.36. The van der Waals surface area contributed by atoms with E-state index in [0.29, 0.717) is 0 Å². The number of hydrogen-bond donors (Lipinski definition) is 0. The summed E-state index contributed by atoms with van der Waals surface area (Å²) in [5.41, 5.74) is 1.12. The second-order valence-corrected chi connectivity index (χ2v) is 11.9. The molecule has 2 atom stereocenters. The molecule has 0 aliphatic heterocycles. The maximum atomic E-state index is 2.54. The first-order valence-electron chi connectivity index (χ1n) is 5.89. The van der Waals surface area contributed by atoms with Crippen molar-refractivity contribution in [2.24, 2.45) is 11.8 Å². The molecule has 13 heavy (non-hydrogen) atoms. The van der Waals surface area contributed by atoms with Gasteiger partial charge in [0, 0.05) is 8.07 Å². The largest absolute Gasteiger partial charge is 0.0693 e. The predicted molar refractivity (Wildman–Crippen MR) is 63.9 cm³/mol. The lowest BCUT2D eigenvalue weighted by atomic mass is 9.96. The maximum Gasteiger partial charge on any atom is 0.0473 e. The molecule has 0 radical (unpaired) electrons. The fraction of sp³-hybridized carbons (Fsp3) is 1.00. The van der Waals surface area contributed by atoms with Crippen molar-refractivity contribution < 1.29 is 0 Å². The van der Waals surface area contributed by atoms with Gasteiger partial charge in [-0.25, -0.2) is 0 Å². The molecule has 1 fully saturated rings. The van der Waals surface area contributed by atoms with E-state index in [4.69, 9.17) is 0 Å². The third-order valence-electron chi connectivity index (χ3n) is 3.57. The van der Waals surface area contributed by atoms with Crippen LogP contribution in [0.3, 0.4) is 0 Å². The zero-order chi connectivity index (χ0) is 10.1. The zero-order valence-electron chi connectivity index (χ0n) is 10.1. The van der Waals surface area contributed by atoms with Crippen LogP contribution in [0, 0.1) is 11.8 Å². The van der Waals surface area contributed by atoms with Gasteiger partial charge in [0.1, 0.15) is 0 Å². The summed E-state index contributed by atoms with van der Waals surface area (Å²) >= 11 is 0. The molecule has 1 heteroatoms. The van der Waals surface area contributed by atoms with Crippen LogP contribution in [0.25, 0.3) is 0 Å². The Bertz CT molecular complexity index is 155. The molecular weight excluding hydrogens is 172 g/mol. The first-order valence-corrected chi connectivity index (χ1v) is 9.47. The van der Waals surface area contributed by atoms with Crippen molar-refractivity contribution in [3.63, 3.8) is 0 Å². The highest BCUT2D eigenvalue weighted by molar-refractivity contribution is 6.77. The van der Waals surface area contributed by atoms with Gasteiger partial charge in [-0.3, -0.25) is 0 Å². The Kier molecular flexibility index (Phi) is 3.62. The molecular formula is C12H26Si. The number of hydrogen-bond acceptors (Lipinski definition) is 0. The number of rotatable bonds is 3. The van der Waals surface area contributed by atoms with Crippen molar-refractivity contribution in [1.29, 1.82) is 0 Å². The smallest absolute Gasteiger partial charge is 0.0473 e. The molecule has 0 spiro atoms. The highest BCUT2D eigenvalue weighted by Gasteiger charge is 2.33. The summed E-state index contributed by atoms with van der Waals surface area (Å²) in [6.45, 7) is 12.3. The van der Waals surface area contributed by atoms with Crippen molar-refractivity contribution in [3.05, 3.63) is 0 Å². The molecule has 1 aliphatic carbocycles. The summed E-state index contributed by atoms with van der Waals surface area (Å²) in [6, 6.07) is 0. The first kappa shape index (κ1) is 11.3. The van der Waals surface area contributed by atoms with E-state index in [1.807, 2.05) is 0 Å². The van der Waals surface area contributed by atoms with Crippen molar-refractivity contribution in [3.8, 4) is 0 Å². The Morgan fingerprint density at radius 1 is 1.15 bits per heavy atom. The molecule has 78 valence electrons. The molecule has 0 N–H and O–H groups in total. The van der Waals surface area contributed by atoms with Gasteiger partial charge >= 0.3 is 0 Å². The quantitative estimate of drug-likeness (QED) is 0.584. The van der Waals surface area contributed by atoms with E-state index in [-0.39, 0.29) is 0 Å². The highest BCUT2D eigenvalue weighted by atomic mass is 28.3. The summed E-state index contributed by atoms with van der Waals surface area (Å²) in [4.78, 5) is 0. The maximum absolute atomic E-state index is 2.54. The van der Waals surface area contributed by atoms with Crippen LogP contribution >= 0.6 is 0 Å². The average Bonchev–Trinajstić information content (AvgIpc) is 2.32. The minimum atomic E-state index is -0.817.